The van der Waals surface area contributed by atoms with Crippen LogP contribution in [0.5, 0.6) is 0 Å². The summed E-state index contributed by atoms with van der Waals surface area (Å²) < 4.78 is 4.54. The van der Waals surface area contributed by atoms with Gasteiger partial charge in [0.2, 0.25) is 0 Å². The summed E-state index contributed by atoms with van der Waals surface area (Å²) in [4.78, 5) is 31.2. The fourth-order valence-corrected chi connectivity index (χ4v) is 3.73. The smallest absolute Gasteiger partial charge is 0.320 e. The minimum Gasteiger partial charge on any atom is -0.320 e. The van der Waals surface area contributed by atoms with Gasteiger partial charge in [-0.3, -0.25) is 9.36 Å². The van der Waals surface area contributed by atoms with Crippen LogP contribution in [0.3, 0.4) is 0 Å². The normalized spacial score (nSPS) is 11.5. The molecule has 0 saturated carbocycles. The quantitative estimate of drug-likeness (QED) is 0.470. The molecule has 4 aromatic rings. The Labute approximate surface area is 179 Å². The van der Waals surface area contributed by atoms with Gasteiger partial charge < -0.3 is 4.57 Å². The van der Waals surface area contributed by atoms with Gasteiger partial charge in [0.1, 0.15) is 0 Å². The number of halogens is 1. The lowest BCUT2D eigenvalue weighted by Crippen LogP contribution is -2.40. The van der Waals surface area contributed by atoms with E-state index in [1.807, 2.05) is 36.4 Å². The van der Waals surface area contributed by atoms with Gasteiger partial charge in [0.15, 0.2) is 11.2 Å². The van der Waals surface area contributed by atoms with E-state index >= 15 is 0 Å². The Bertz CT molecular complexity index is 1300. The van der Waals surface area contributed by atoms with Gasteiger partial charge in [0.25, 0.3) is 5.56 Å². The Morgan fingerprint density at radius 1 is 1.00 bits per heavy atom. The fourth-order valence-electron chi connectivity index (χ4n) is 3.51. The van der Waals surface area contributed by atoms with Gasteiger partial charge in [-0.1, -0.05) is 67.9 Å². The summed E-state index contributed by atoms with van der Waals surface area (Å²) in [5, 5.41) is 0.424. The third-order valence-corrected chi connectivity index (χ3v) is 5.44. The van der Waals surface area contributed by atoms with Crippen LogP contribution in [0.1, 0.15) is 25.8 Å². The Kier molecular flexibility index (Phi) is 5.59. The number of hydrogen-bond acceptors (Lipinski definition) is 3. The van der Waals surface area contributed by atoms with E-state index in [-0.39, 0.29) is 5.56 Å². The number of aromatic nitrogens is 4. The molecule has 7 heteroatoms. The van der Waals surface area contributed by atoms with Crippen molar-refractivity contribution in [2.45, 2.75) is 33.4 Å². The number of imidazole rings is 1. The minimum atomic E-state index is -0.425. The molecule has 0 unspecified atom stereocenters. The molecule has 2 heterocycles. The van der Waals surface area contributed by atoms with Crippen molar-refractivity contribution in [3.8, 4) is 5.69 Å². The number of fused-ring (bicyclic) bond motifs is 1. The van der Waals surface area contributed by atoms with Crippen molar-refractivity contribution in [1.82, 2.24) is 18.7 Å². The molecule has 0 amide bonds. The summed E-state index contributed by atoms with van der Waals surface area (Å²) in [6, 6.07) is 16.9. The van der Waals surface area contributed by atoms with Crippen molar-refractivity contribution < 1.29 is 0 Å². The molecule has 0 aliphatic rings. The molecule has 6 nitrogen and oxygen atoms in total. The molecule has 0 spiro atoms. The average molecular weight is 423 g/mol. The van der Waals surface area contributed by atoms with E-state index in [0.29, 0.717) is 40.9 Å². The van der Waals surface area contributed by atoms with E-state index in [1.54, 1.807) is 29.1 Å². The molecule has 4 rings (SSSR count). The molecule has 2 aromatic carbocycles. The summed E-state index contributed by atoms with van der Waals surface area (Å²) >= 11 is 6.41. The van der Waals surface area contributed by atoms with Gasteiger partial charge >= 0.3 is 5.69 Å². The van der Waals surface area contributed by atoms with Crippen LogP contribution in [-0.2, 0) is 13.1 Å². The SMILES string of the molecule is CC(C)CCn1c(=O)c2c(ncn2Cc2ccccc2)n(-c2ccccc2Cl)c1=O. The lowest BCUT2D eigenvalue weighted by atomic mass is 10.1. The van der Waals surface area contributed by atoms with Crippen LogP contribution in [0.2, 0.25) is 5.02 Å². The van der Waals surface area contributed by atoms with Crippen LogP contribution in [-0.4, -0.2) is 18.7 Å². The molecule has 30 heavy (non-hydrogen) atoms. The lowest BCUT2D eigenvalue weighted by Gasteiger charge is -2.14. The van der Waals surface area contributed by atoms with Crippen LogP contribution >= 0.6 is 11.6 Å². The summed E-state index contributed by atoms with van der Waals surface area (Å²) in [7, 11) is 0. The Hall–Kier alpha value is -3.12. The predicted molar refractivity (Wildman–Crippen MR) is 120 cm³/mol. The minimum absolute atomic E-state index is 0.315. The molecule has 0 radical (unpaired) electrons. The highest BCUT2D eigenvalue weighted by Crippen LogP contribution is 2.21. The lowest BCUT2D eigenvalue weighted by molar-refractivity contribution is 0.491. The van der Waals surface area contributed by atoms with Crippen molar-refractivity contribution in [2.24, 2.45) is 5.92 Å². The standard InChI is InChI=1S/C23H23ClN4O2/c1-16(2)12-13-27-22(29)20-21(25-15-26(20)14-17-8-4-3-5-9-17)28(23(27)30)19-11-7-6-10-18(19)24/h3-11,15-16H,12-14H2,1-2H3. The highest BCUT2D eigenvalue weighted by molar-refractivity contribution is 6.32. The first kappa shape index (κ1) is 20.2. The van der Waals surface area contributed by atoms with E-state index in [9.17, 15) is 9.59 Å². The van der Waals surface area contributed by atoms with Crippen molar-refractivity contribution >= 4 is 22.8 Å². The zero-order valence-corrected chi connectivity index (χ0v) is 17.7. The van der Waals surface area contributed by atoms with Crippen LogP contribution in [0, 0.1) is 5.92 Å². The van der Waals surface area contributed by atoms with Gasteiger partial charge in [-0.15, -0.1) is 0 Å². The number of rotatable bonds is 6. The number of benzene rings is 2. The van der Waals surface area contributed by atoms with Gasteiger partial charge in [0.05, 0.1) is 17.0 Å². The van der Waals surface area contributed by atoms with Gasteiger partial charge in [-0.2, -0.15) is 0 Å². The molecule has 0 saturated heterocycles. The summed E-state index contributed by atoms with van der Waals surface area (Å²) in [6.07, 6.45) is 2.33. The number of hydrogen-bond donors (Lipinski definition) is 0. The van der Waals surface area contributed by atoms with Crippen molar-refractivity contribution in [3.63, 3.8) is 0 Å². The number of para-hydroxylation sites is 1. The van der Waals surface area contributed by atoms with E-state index in [1.165, 1.54) is 9.13 Å². The topological polar surface area (TPSA) is 61.8 Å². The van der Waals surface area contributed by atoms with Crippen molar-refractivity contribution in [1.29, 1.82) is 0 Å². The highest BCUT2D eigenvalue weighted by Gasteiger charge is 2.20. The second-order valence-electron chi connectivity index (χ2n) is 7.74. The summed E-state index contributed by atoms with van der Waals surface area (Å²) in [5.41, 5.74) is 1.51. The van der Waals surface area contributed by atoms with Gasteiger partial charge in [0, 0.05) is 13.1 Å². The maximum atomic E-state index is 13.4. The zero-order chi connectivity index (χ0) is 21.3. The third-order valence-electron chi connectivity index (χ3n) is 5.12. The fraction of sp³-hybridized carbons (Fsp3) is 0.261. The molecule has 0 aliphatic carbocycles. The maximum Gasteiger partial charge on any atom is 0.337 e. The molecule has 0 atom stereocenters. The zero-order valence-electron chi connectivity index (χ0n) is 17.0. The first-order valence-electron chi connectivity index (χ1n) is 9.97. The van der Waals surface area contributed by atoms with Gasteiger partial charge in [-0.05, 0) is 30.0 Å². The molecule has 0 fully saturated rings. The van der Waals surface area contributed by atoms with Gasteiger partial charge in [-0.25, -0.2) is 14.3 Å². The second kappa shape index (κ2) is 8.32. The van der Waals surface area contributed by atoms with Crippen molar-refractivity contribution in [3.05, 3.63) is 92.3 Å². The van der Waals surface area contributed by atoms with Crippen LogP contribution in [0.15, 0.2) is 70.5 Å². The second-order valence-corrected chi connectivity index (χ2v) is 8.15. The Morgan fingerprint density at radius 2 is 1.70 bits per heavy atom. The first-order valence-corrected chi connectivity index (χ1v) is 10.3. The third kappa shape index (κ3) is 3.71. The monoisotopic (exact) mass is 422 g/mol. The van der Waals surface area contributed by atoms with Crippen LogP contribution in [0.25, 0.3) is 16.9 Å². The van der Waals surface area contributed by atoms with Crippen LogP contribution < -0.4 is 11.2 Å². The van der Waals surface area contributed by atoms with Crippen molar-refractivity contribution in [2.75, 3.05) is 0 Å². The molecule has 0 aliphatic heterocycles. The van der Waals surface area contributed by atoms with Crippen LogP contribution in [0.4, 0.5) is 0 Å². The Morgan fingerprint density at radius 3 is 2.40 bits per heavy atom. The molecule has 2 aromatic heterocycles. The number of nitrogens with zero attached hydrogens (tertiary/aromatic N) is 4. The van der Waals surface area contributed by atoms with E-state index < -0.39 is 5.69 Å². The first-order chi connectivity index (χ1) is 14.5. The molecule has 0 bridgehead atoms. The summed E-state index contributed by atoms with van der Waals surface area (Å²) in [6.45, 7) is 4.95. The predicted octanol–water partition coefficient (Wildman–Crippen LogP) is 4.10. The molecule has 0 N–H and O–H groups in total. The maximum absolute atomic E-state index is 13.4. The molecule has 154 valence electrons. The Balaban J connectivity index is 1.99. The molecular weight excluding hydrogens is 400 g/mol. The van der Waals surface area contributed by atoms with E-state index in [2.05, 4.69) is 18.8 Å². The van der Waals surface area contributed by atoms with E-state index in [4.69, 9.17) is 11.6 Å². The average Bonchev–Trinajstić information content (AvgIpc) is 3.13. The molecular formula is C23H23ClN4O2. The largest absolute Gasteiger partial charge is 0.337 e. The highest BCUT2D eigenvalue weighted by atomic mass is 35.5. The summed E-state index contributed by atoms with van der Waals surface area (Å²) in [5.74, 6) is 0.356. The van der Waals surface area contributed by atoms with E-state index in [0.717, 1.165) is 12.0 Å².